The molecule has 1 unspecified atom stereocenters. The Bertz CT molecular complexity index is 198. The van der Waals surface area contributed by atoms with Gasteiger partial charge in [0.15, 0.2) is 0 Å². The lowest BCUT2D eigenvalue weighted by Crippen LogP contribution is -2.27. The number of carbonyl (C=O) groups excluding carboxylic acids is 1. The van der Waals surface area contributed by atoms with E-state index < -0.39 is 0 Å². The summed E-state index contributed by atoms with van der Waals surface area (Å²) in [6.07, 6.45) is 1.18. The van der Waals surface area contributed by atoms with Gasteiger partial charge in [-0.2, -0.15) is 0 Å². The lowest BCUT2D eigenvalue weighted by Gasteiger charge is -2.20. The normalized spacial score (nSPS) is 27.6. The molecule has 14 heavy (non-hydrogen) atoms. The highest BCUT2D eigenvalue weighted by molar-refractivity contribution is 5.83. The van der Waals surface area contributed by atoms with Crippen LogP contribution >= 0.6 is 0 Å². The number of hydrogen-bond acceptors (Lipinski definition) is 2. The number of Topliss-reactive ketones (excluding diaryl/α,β-unsaturated/α-hetero) is 1. The third-order valence-corrected chi connectivity index (χ3v) is 3.05. The van der Waals surface area contributed by atoms with Crippen molar-refractivity contribution in [2.75, 3.05) is 13.1 Å². The van der Waals surface area contributed by atoms with Gasteiger partial charge in [0.05, 0.1) is 0 Å². The van der Waals surface area contributed by atoms with Crippen molar-refractivity contribution >= 4 is 5.78 Å². The minimum absolute atomic E-state index is 0.189. The smallest absolute Gasteiger partial charge is 0.140 e. The molecule has 0 aliphatic carbocycles. The molecule has 2 heteroatoms. The van der Waals surface area contributed by atoms with E-state index in [1.54, 1.807) is 0 Å². The maximum absolute atomic E-state index is 11.9. The Morgan fingerprint density at radius 2 is 1.93 bits per heavy atom. The maximum atomic E-state index is 11.9. The van der Waals surface area contributed by atoms with Gasteiger partial charge >= 0.3 is 0 Å². The number of ketones is 1. The fourth-order valence-corrected chi connectivity index (χ4v) is 2.35. The molecule has 0 amide bonds. The summed E-state index contributed by atoms with van der Waals surface area (Å²) in [6, 6.07) is 0. The molecule has 0 radical (unpaired) electrons. The van der Waals surface area contributed by atoms with Gasteiger partial charge in [0.1, 0.15) is 5.78 Å². The Balaban J connectivity index is 2.55. The van der Waals surface area contributed by atoms with Crippen molar-refractivity contribution in [3.05, 3.63) is 0 Å². The summed E-state index contributed by atoms with van der Waals surface area (Å²) in [5, 5.41) is 3.34. The first kappa shape index (κ1) is 11.7. The molecule has 0 bridgehead atoms. The van der Waals surface area contributed by atoms with Crippen molar-refractivity contribution in [2.45, 2.75) is 34.1 Å². The van der Waals surface area contributed by atoms with Gasteiger partial charge in [-0.25, -0.2) is 0 Å². The van der Waals surface area contributed by atoms with E-state index in [0.29, 0.717) is 17.6 Å². The molecule has 1 saturated heterocycles. The van der Waals surface area contributed by atoms with E-state index in [-0.39, 0.29) is 11.8 Å². The number of nitrogens with one attached hydrogen (secondary N) is 1. The molecule has 1 aliphatic rings. The van der Waals surface area contributed by atoms with Gasteiger partial charge in [-0.1, -0.05) is 27.7 Å². The molecule has 0 aromatic carbocycles. The molecule has 0 spiro atoms. The highest BCUT2D eigenvalue weighted by Gasteiger charge is 2.33. The predicted molar refractivity (Wildman–Crippen MR) is 59.1 cm³/mol. The molecule has 1 N–H and O–H groups in total. The van der Waals surface area contributed by atoms with Crippen LogP contribution in [0.5, 0.6) is 0 Å². The average Bonchev–Trinajstić information content (AvgIpc) is 2.49. The Hall–Kier alpha value is -0.370. The molecule has 0 aromatic heterocycles. The van der Waals surface area contributed by atoms with Crippen molar-refractivity contribution < 1.29 is 4.79 Å². The summed E-state index contributed by atoms with van der Waals surface area (Å²) in [5.74, 6) is 2.18. The van der Waals surface area contributed by atoms with Gasteiger partial charge in [0.2, 0.25) is 0 Å². The van der Waals surface area contributed by atoms with Gasteiger partial charge < -0.3 is 5.32 Å². The summed E-state index contributed by atoms with van der Waals surface area (Å²) >= 11 is 0. The van der Waals surface area contributed by atoms with Crippen molar-refractivity contribution in [1.29, 1.82) is 0 Å². The minimum atomic E-state index is 0.189. The molecule has 1 rings (SSSR count). The lowest BCUT2D eigenvalue weighted by atomic mass is 9.82. The monoisotopic (exact) mass is 197 g/mol. The first-order valence-corrected chi connectivity index (χ1v) is 5.76. The second kappa shape index (κ2) is 4.92. The van der Waals surface area contributed by atoms with Crippen LogP contribution in [0.15, 0.2) is 0 Å². The van der Waals surface area contributed by atoms with Gasteiger partial charge in [-0.05, 0) is 24.8 Å². The molecular weight excluding hydrogens is 174 g/mol. The van der Waals surface area contributed by atoms with Crippen LogP contribution in [-0.4, -0.2) is 18.9 Å². The molecule has 1 aliphatic heterocycles. The van der Waals surface area contributed by atoms with Crippen LogP contribution in [0.4, 0.5) is 0 Å². The van der Waals surface area contributed by atoms with E-state index in [0.717, 1.165) is 13.1 Å². The predicted octanol–water partition coefficient (Wildman–Crippen LogP) is 2.09. The number of hydrogen-bond donors (Lipinski definition) is 1. The highest BCUT2D eigenvalue weighted by atomic mass is 16.1. The third-order valence-electron chi connectivity index (χ3n) is 3.05. The van der Waals surface area contributed by atoms with Crippen molar-refractivity contribution in [3.63, 3.8) is 0 Å². The van der Waals surface area contributed by atoms with Crippen LogP contribution in [0.2, 0.25) is 0 Å². The Labute approximate surface area is 87.5 Å². The second-order valence-corrected chi connectivity index (χ2v) is 5.21. The molecule has 1 heterocycles. The molecule has 82 valence electrons. The molecule has 0 saturated carbocycles. The van der Waals surface area contributed by atoms with E-state index in [4.69, 9.17) is 0 Å². The van der Waals surface area contributed by atoms with Crippen LogP contribution in [0.25, 0.3) is 0 Å². The first-order valence-electron chi connectivity index (χ1n) is 5.76. The van der Waals surface area contributed by atoms with Gasteiger partial charge in [0, 0.05) is 18.4 Å². The van der Waals surface area contributed by atoms with Gasteiger partial charge in [-0.15, -0.1) is 0 Å². The average molecular weight is 197 g/mol. The zero-order valence-corrected chi connectivity index (χ0v) is 9.84. The topological polar surface area (TPSA) is 29.1 Å². The van der Waals surface area contributed by atoms with E-state index >= 15 is 0 Å². The van der Waals surface area contributed by atoms with Gasteiger partial charge in [-0.3, -0.25) is 4.79 Å². The maximum Gasteiger partial charge on any atom is 0.140 e. The molecule has 2 nitrogen and oxygen atoms in total. The third kappa shape index (κ3) is 2.81. The van der Waals surface area contributed by atoms with Crippen LogP contribution in [0.3, 0.4) is 0 Å². The second-order valence-electron chi connectivity index (χ2n) is 5.21. The zero-order valence-electron chi connectivity index (χ0n) is 9.84. The van der Waals surface area contributed by atoms with Crippen molar-refractivity contribution in [1.82, 2.24) is 5.32 Å². The number of rotatable bonds is 4. The lowest BCUT2D eigenvalue weighted by molar-refractivity contribution is -0.126. The van der Waals surface area contributed by atoms with E-state index in [2.05, 4.69) is 19.2 Å². The highest BCUT2D eigenvalue weighted by Crippen LogP contribution is 2.26. The SMILES string of the molecule is CC(C)CC1CNC[C@H]1C(=O)C(C)C. The van der Waals surface area contributed by atoms with Crippen LogP contribution in [-0.2, 0) is 4.79 Å². The van der Waals surface area contributed by atoms with Crippen LogP contribution in [0, 0.1) is 23.7 Å². The zero-order chi connectivity index (χ0) is 10.7. The van der Waals surface area contributed by atoms with Crippen molar-refractivity contribution in [3.8, 4) is 0 Å². The van der Waals surface area contributed by atoms with E-state index in [9.17, 15) is 4.79 Å². The minimum Gasteiger partial charge on any atom is -0.316 e. The Morgan fingerprint density at radius 1 is 1.29 bits per heavy atom. The summed E-state index contributed by atoms with van der Waals surface area (Å²) in [5.41, 5.74) is 0. The first-order chi connectivity index (χ1) is 6.52. The summed E-state index contributed by atoms with van der Waals surface area (Å²) in [6.45, 7) is 10.4. The van der Waals surface area contributed by atoms with Crippen LogP contribution in [0.1, 0.15) is 34.1 Å². The van der Waals surface area contributed by atoms with Gasteiger partial charge in [0.25, 0.3) is 0 Å². The number of carbonyl (C=O) groups is 1. The Kier molecular flexibility index (Phi) is 4.11. The summed E-state index contributed by atoms with van der Waals surface area (Å²) in [4.78, 5) is 11.9. The quantitative estimate of drug-likeness (QED) is 0.747. The molecule has 0 aromatic rings. The van der Waals surface area contributed by atoms with E-state index in [1.165, 1.54) is 6.42 Å². The molecule has 2 atom stereocenters. The fourth-order valence-electron chi connectivity index (χ4n) is 2.35. The molecular formula is C12H23NO. The fraction of sp³-hybridized carbons (Fsp3) is 0.917. The largest absolute Gasteiger partial charge is 0.316 e. The van der Waals surface area contributed by atoms with Crippen LogP contribution < -0.4 is 5.32 Å². The standard InChI is InChI=1S/C12H23NO/c1-8(2)5-10-6-13-7-11(10)12(14)9(3)4/h8-11,13H,5-7H2,1-4H3/t10?,11-/m1/s1. The summed E-state index contributed by atoms with van der Waals surface area (Å²) in [7, 11) is 0. The molecule has 1 fully saturated rings. The Morgan fingerprint density at radius 3 is 2.43 bits per heavy atom. The van der Waals surface area contributed by atoms with E-state index in [1.807, 2.05) is 13.8 Å². The van der Waals surface area contributed by atoms with Crippen molar-refractivity contribution in [2.24, 2.45) is 23.7 Å². The summed E-state index contributed by atoms with van der Waals surface area (Å²) < 4.78 is 0.